The lowest BCUT2D eigenvalue weighted by atomic mass is 10.4. The zero-order chi connectivity index (χ0) is 11.3. The SMILES string of the molecule is CCC(C#N)S(=O)(=O)NCc1cc[nH]c1. The van der Waals surface area contributed by atoms with Crippen molar-refractivity contribution in [2.24, 2.45) is 0 Å². The first-order valence-electron chi connectivity index (χ1n) is 4.60. The van der Waals surface area contributed by atoms with Crippen molar-refractivity contribution < 1.29 is 8.42 Å². The first-order valence-corrected chi connectivity index (χ1v) is 6.14. The molecule has 0 saturated heterocycles. The maximum Gasteiger partial charge on any atom is 0.228 e. The lowest BCUT2D eigenvalue weighted by Crippen LogP contribution is -2.32. The summed E-state index contributed by atoms with van der Waals surface area (Å²) in [5, 5.41) is 7.67. The average molecular weight is 227 g/mol. The zero-order valence-corrected chi connectivity index (χ0v) is 9.21. The van der Waals surface area contributed by atoms with Crippen molar-refractivity contribution in [1.82, 2.24) is 9.71 Å². The van der Waals surface area contributed by atoms with Crippen molar-refractivity contribution in [2.75, 3.05) is 0 Å². The summed E-state index contributed by atoms with van der Waals surface area (Å²) in [6.45, 7) is 1.88. The molecule has 0 fully saturated rings. The number of nitriles is 1. The molecule has 2 N–H and O–H groups in total. The van der Waals surface area contributed by atoms with E-state index in [0.717, 1.165) is 5.56 Å². The highest BCUT2D eigenvalue weighted by Gasteiger charge is 2.22. The minimum atomic E-state index is -3.52. The van der Waals surface area contributed by atoms with Crippen LogP contribution in [0.1, 0.15) is 18.9 Å². The van der Waals surface area contributed by atoms with Crippen LogP contribution in [0.4, 0.5) is 0 Å². The van der Waals surface area contributed by atoms with Gasteiger partial charge in [-0.05, 0) is 18.1 Å². The number of H-pyrrole nitrogens is 1. The molecule has 1 rings (SSSR count). The van der Waals surface area contributed by atoms with Crippen molar-refractivity contribution >= 4 is 10.0 Å². The van der Waals surface area contributed by atoms with Gasteiger partial charge in [-0.15, -0.1) is 0 Å². The summed E-state index contributed by atoms with van der Waals surface area (Å²) < 4.78 is 25.5. The van der Waals surface area contributed by atoms with Crippen molar-refractivity contribution in [2.45, 2.75) is 25.1 Å². The van der Waals surface area contributed by atoms with Gasteiger partial charge in [0.1, 0.15) is 0 Å². The Balaban J connectivity index is 2.62. The minimum absolute atomic E-state index is 0.212. The number of aromatic nitrogens is 1. The van der Waals surface area contributed by atoms with Gasteiger partial charge in [0.15, 0.2) is 5.25 Å². The van der Waals surface area contributed by atoms with Crippen LogP contribution in [-0.4, -0.2) is 18.7 Å². The molecule has 1 aromatic rings. The fraction of sp³-hybridized carbons (Fsp3) is 0.444. The Morgan fingerprint density at radius 1 is 1.67 bits per heavy atom. The first-order chi connectivity index (χ1) is 7.10. The van der Waals surface area contributed by atoms with Gasteiger partial charge in [-0.1, -0.05) is 6.92 Å². The van der Waals surface area contributed by atoms with E-state index in [4.69, 9.17) is 5.26 Å². The van der Waals surface area contributed by atoms with Crippen molar-refractivity contribution in [3.05, 3.63) is 24.0 Å². The van der Waals surface area contributed by atoms with Crippen molar-refractivity contribution in [3.8, 4) is 6.07 Å². The highest BCUT2D eigenvalue weighted by atomic mass is 32.2. The first kappa shape index (κ1) is 11.8. The van der Waals surface area contributed by atoms with Gasteiger partial charge in [0.05, 0.1) is 6.07 Å². The van der Waals surface area contributed by atoms with E-state index in [9.17, 15) is 8.42 Å². The van der Waals surface area contributed by atoms with Crippen LogP contribution in [0.3, 0.4) is 0 Å². The van der Waals surface area contributed by atoms with Crippen LogP contribution < -0.4 is 4.72 Å². The summed E-state index contributed by atoms with van der Waals surface area (Å²) in [6, 6.07) is 3.54. The number of rotatable bonds is 5. The second kappa shape index (κ2) is 4.96. The smallest absolute Gasteiger partial charge is 0.228 e. The van der Waals surface area contributed by atoms with Gasteiger partial charge in [0, 0.05) is 18.9 Å². The van der Waals surface area contributed by atoms with Gasteiger partial charge in [0.25, 0.3) is 0 Å². The Kier molecular flexibility index (Phi) is 3.88. The van der Waals surface area contributed by atoms with E-state index in [0.29, 0.717) is 6.42 Å². The zero-order valence-electron chi connectivity index (χ0n) is 8.40. The Morgan fingerprint density at radius 2 is 2.40 bits per heavy atom. The predicted molar refractivity (Wildman–Crippen MR) is 56.2 cm³/mol. The van der Waals surface area contributed by atoms with Crippen LogP contribution in [0.15, 0.2) is 18.5 Å². The number of aromatic amines is 1. The second-order valence-electron chi connectivity index (χ2n) is 3.11. The monoisotopic (exact) mass is 227 g/mol. The largest absolute Gasteiger partial charge is 0.367 e. The average Bonchev–Trinajstić information content (AvgIpc) is 2.69. The van der Waals surface area contributed by atoms with Crippen LogP contribution in [0, 0.1) is 11.3 Å². The Labute approximate surface area is 89.2 Å². The number of nitrogens with zero attached hydrogens (tertiary/aromatic N) is 1. The van der Waals surface area contributed by atoms with Gasteiger partial charge in [-0.3, -0.25) is 0 Å². The van der Waals surface area contributed by atoms with Crippen LogP contribution >= 0.6 is 0 Å². The molecular weight excluding hydrogens is 214 g/mol. The van der Waals surface area contributed by atoms with E-state index in [1.165, 1.54) is 0 Å². The molecule has 0 bridgehead atoms. The molecule has 0 spiro atoms. The number of hydrogen-bond acceptors (Lipinski definition) is 3. The highest BCUT2D eigenvalue weighted by molar-refractivity contribution is 7.90. The lowest BCUT2D eigenvalue weighted by molar-refractivity contribution is 0.572. The minimum Gasteiger partial charge on any atom is -0.367 e. The maximum absolute atomic E-state index is 11.5. The van der Waals surface area contributed by atoms with Crippen LogP contribution in [0.5, 0.6) is 0 Å². The van der Waals surface area contributed by atoms with Gasteiger partial charge in [-0.25, -0.2) is 13.1 Å². The third-order valence-corrected chi connectivity index (χ3v) is 3.76. The number of nitrogens with one attached hydrogen (secondary N) is 2. The molecule has 5 nitrogen and oxygen atoms in total. The molecule has 82 valence electrons. The molecule has 6 heteroatoms. The third kappa shape index (κ3) is 3.08. The summed E-state index contributed by atoms with van der Waals surface area (Å²) in [4.78, 5) is 2.82. The maximum atomic E-state index is 11.5. The summed E-state index contributed by atoms with van der Waals surface area (Å²) in [5.41, 5.74) is 0.839. The summed E-state index contributed by atoms with van der Waals surface area (Å²) in [6.07, 6.45) is 3.71. The lowest BCUT2D eigenvalue weighted by Gasteiger charge is -2.08. The van der Waals surface area contributed by atoms with Gasteiger partial charge >= 0.3 is 0 Å². The van der Waals surface area contributed by atoms with Crippen molar-refractivity contribution in [3.63, 3.8) is 0 Å². The highest BCUT2D eigenvalue weighted by Crippen LogP contribution is 2.04. The molecule has 0 aliphatic rings. The second-order valence-corrected chi connectivity index (χ2v) is 5.06. The molecule has 1 atom stereocenters. The number of hydrogen-bond donors (Lipinski definition) is 2. The molecule has 1 unspecified atom stereocenters. The van der Waals surface area contributed by atoms with E-state index in [1.54, 1.807) is 31.5 Å². The Bertz CT molecular complexity index is 430. The fourth-order valence-electron chi connectivity index (χ4n) is 1.13. The molecule has 0 saturated carbocycles. The molecule has 1 aromatic heterocycles. The van der Waals surface area contributed by atoms with Crippen LogP contribution in [0.25, 0.3) is 0 Å². The Morgan fingerprint density at radius 3 is 2.87 bits per heavy atom. The van der Waals surface area contributed by atoms with E-state index in [2.05, 4.69) is 9.71 Å². The van der Waals surface area contributed by atoms with Gasteiger partial charge in [-0.2, -0.15) is 5.26 Å². The molecule has 0 radical (unpaired) electrons. The standard InChI is InChI=1S/C9H13N3O2S/c1-2-9(5-10)15(13,14)12-7-8-3-4-11-6-8/h3-4,6,9,11-12H,2,7H2,1H3. The predicted octanol–water partition coefficient (Wildman–Crippen LogP) is 0.736. The van der Waals surface area contributed by atoms with Crippen LogP contribution in [0.2, 0.25) is 0 Å². The van der Waals surface area contributed by atoms with Gasteiger partial charge < -0.3 is 4.98 Å². The Hall–Kier alpha value is -1.32. The van der Waals surface area contributed by atoms with E-state index >= 15 is 0 Å². The molecule has 0 amide bonds. The molecule has 15 heavy (non-hydrogen) atoms. The van der Waals surface area contributed by atoms with Crippen LogP contribution in [-0.2, 0) is 16.6 Å². The number of sulfonamides is 1. The summed E-state index contributed by atoms with van der Waals surface area (Å²) >= 11 is 0. The molecule has 1 heterocycles. The normalized spacial score (nSPS) is 13.3. The van der Waals surface area contributed by atoms with E-state index < -0.39 is 15.3 Å². The molecule has 0 aliphatic heterocycles. The van der Waals surface area contributed by atoms with Gasteiger partial charge in [0.2, 0.25) is 10.0 Å². The quantitative estimate of drug-likeness (QED) is 0.777. The fourth-order valence-corrected chi connectivity index (χ4v) is 2.28. The third-order valence-electron chi connectivity index (χ3n) is 2.03. The molecule has 0 aliphatic carbocycles. The topological polar surface area (TPSA) is 85.8 Å². The summed E-state index contributed by atoms with van der Waals surface area (Å²) in [7, 11) is -3.52. The molecular formula is C9H13N3O2S. The van der Waals surface area contributed by atoms with E-state index in [-0.39, 0.29) is 6.54 Å². The molecule has 0 aromatic carbocycles. The van der Waals surface area contributed by atoms with Crippen molar-refractivity contribution in [1.29, 1.82) is 5.26 Å². The van der Waals surface area contributed by atoms with E-state index in [1.807, 2.05) is 0 Å². The summed E-state index contributed by atoms with van der Waals surface area (Å²) in [5.74, 6) is 0.